The number of hydrogen-bond acceptors (Lipinski definition) is 2. The first-order valence-electron chi connectivity index (χ1n) is 5.47. The number of fused-ring (bicyclic) bond motifs is 3. The molecule has 2 heterocycles. The Labute approximate surface area is 95.4 Å². The number of anilines is 1. The molecule has 3 heteroatoms. The molecule has 0 aliphatic carbocycles. The van der Waals surface area contributed by atoms with Gasteiger partial charge < -0.3 is 9.80 Å². The number of hydrogen-bond donors (Lipinski definition) is 0. The maximum Gasteiger partial charge on any atom is 0.0458 e. The van der Waals surface area contributed by atoms with E-state index in [1.54, 1.807) is 0 Å². The van der Waals surface area contributed by atoms with E-state index in [1.165, 1.54) is 24.3 Å². The van der Waals surface area contributed by atoms with Crippen molar-refractivity contribution < 1.29 is 0 Å². The summed E-state index contributed by atoms with van der Waals surface area (Å²) in [5, 5.41) is 0.863. The van der Waals surface area contributed by atoms with Crippen molar-refractivity contribution >= 4 is 17.3 Å². The van der Waals surface area contributed by atoms with E-state index in [2.05, 4.69) is 29.0 Å². The molecule has 0 bridgehead atoms. The summed E-state index contributed by atoms with van der Waals surface area (Å²) in [6.45, 7) is 3.49. The van der Waals surface area contributed by atoms with Gasteiger partial charge in [-0.3, -0.25) is 0 Å². The van der Waals surface area contributed by atoms with Crippen LogP contribution in [0, 0.1) is 0 Å². The molecule has 0 aromatic heterocycles. The van der Waals surface area contributed by atoms with Gasteiger partial charge in [0.15, 0.2) is 0 Å². The maximum absolute atomic E-state index is 6.02. The summed E-state index contributed by atoms with van der Waals surface area (Å²) in [4.78, 5) is 4.94. The van der Waals surface area contributed by atoms with Crippen LogP contribution in [0.15, 0.2) is 18.2 Å². The minimum Gasteiger partial charge on any atom is -0.365 e. The van der Waals surface area contributed by atoms with Gasteiger partial charge in [-0.25, -0.2) is 0 Å². The van der Waals surface area contributed by atoms with Crippen molar-refractivity contribution in [3.8, 4) is 0 Å². The lowest BCUT2D eigenvalue weighted by Crippen LogP contribution is -2.50. The molecule has 0 spiro atoms. The third kappa shape index (κ3) is 1.52. The van der Waals surface area contributed by atoms with E-state index in [1.807, 2.05) is 6.07 Å². The molecule has 2 aliphatic rings. The summed E-state index contributed by atoms with van der Waals surface area (Å²) in [7, 11) is 2.20. The lowest BCUT2D eigenvalue weighted by molar-refractivity contribution is 0.273. The standard InChI is InChI=1S/C12H15ClN2/c1-14-4-5-15-11(8-14)7-9-6-10(13)2-3-12(9)15/h2-3,6,11H,4-5,7-8H2,1H3. The summed E-state index contributed by atoms with van der Waals surface area (Å²) < 4.78 is 0. The molecule has 0 saturated carbocycles. The first-order valence-corrected chi connectivity index (χ1v) is 5.85. The summed E-state index contributed by atoms with van der Waals surface area (Å²) in [5.41, 5.74) is 2.82. The van der Waals surface area contributed by atoms with Crippen molar-refractivity contribution in [3.63, 3.8) is 0 Å². The van der Waals surface area contributed by atoms with Crippen LogP contribution in [0.1, 0.15) is 5.56 Å². The second kappa shape index (κ2) is 3.39. The van der Waals surface area contributed by atoms with Crippen LogP contribution in [0.4, 0.5) is 5.69 Å². The van der Waals surface area contributed by atoms with Crippen LogP contribution in [-0.2, 0) is 6.42 Å². The van der Waals surface area contributed by atoms with Crippen LogP contribution in [0.5, 0.6) is 0 Å². The molecule has 15 heavy (non-hydrogen) atoms. The highest BCUT2D eigenvalue weighted by Gasteiger charge is 2.32. The molecule has 3 rings (SSSR count). The topological polar surface area (TPSA) is 6.48 Å². The lowest BCUT2D eigenvalue weighted by Gasteiger charge is -2.37. The van der Waals surface area contributed by atoms with Crippen molar-refractivity contribution in [2.24, 2.45) is 0 Å². The van der Waals surface area contributed by atoms with Gasteiger partial charge in [0, 0.05) is 36.4 Å². The van der Waals surface area contributed by atoms with E-state index in [0.717, 1.165) is 18.0 Å². The highest BCUT2D eigenvalue weighted by atomic mass is 35.5. The van der Waals surface area contributed by atoms with Gasteiger partial charge in [0.05, 0.1) is 0 Å². The molecule has 0 amide bonds. The molecular formula is C12H15ClN2. The van der Waals surface area contributed by atoms with Crippen LogP contribution >= 0.6 is 11.6 Å². The van der Waals surface area contributed by atoms with E-state index < -0.39 is 0 Å². The Morgan fingerprint density at radius 1 is 1.33 bits per heavy atom. The highest BCUT2D eigenvalue weighted by Crippen LogP contribution is 2.35. The van der Waals surface area contributed by atoms with Gasteiger partial charge in [-0.2, -0.15) is 0 Å². The van der Waals surface area contributed by atoms with Gasteiger partial charge in [-0.15, -0.1) is 0 Å². The Morgan fingerprint density at radius 2 is 2.20 bits per heavy atom. The molecule has 1 saturated heterocycles. The first kappa shape index (κ1) is 9.49. The van der Waals surface area contributed by atoms with Crippen molar-refractivity contribution in [1.29, 1.82) is 0 Å². The zero-order valence-corrected chi connectivity index (χ0v) is 9.67. The Bertz CT molecular complexity index is 391. The Morgan fingerprint density at radius 3 is 3.07 bits per heavy atom. The van der Waals surface area contributed by atoms with E-state index in [9.17, 15) is 0 Å². The minimum atomic E-state index is 0.664. The molecule has 2 aliphatic heterocycles. The molecule has 0 N–H and O–H groups in total. The van der Waals surface area contributed by atoms with Crippen LogP contribution in [0.25, 0.3) is 0 Å². The molecule has 1 unspecified atom stereocenters. The largest absolute Gasteiger partial charge is 0.365 e. The first-order chi connectivity index (χ1) is 7.24. The Balaban J connectivity index is 1.95. The molecular weight excluding hydrogens is 208 g/mol. The zero-order valence-electron chi connectivity index (χ0n) is 8.91. The van der Waals surface area contributed by atoms with Crippen molar-refractivity contribution in [3.05, 3.63) is 28.8 Å². The summed E-state index contributed by atoms with van der Waals surface area (Å²) in [5.74, 6) is 0. The molecule has 1 aromatic rings. The van der Waals surface area contributed by atoms with Gasteiger partial charge >= 0.3 is 0 Å². The highest BCUT2D eigenvalue weighted by molar-refractivity contribution is 6.30. The number of likely N-dealkylation sites (N-methyl/N-ethyl adjacent to an activating group) is 1. The molecule has 1 fully saturated rings. The second-order valence-electron chi connectivity index (χ2n) is 4.59. The minimum absolute atomic E-state index is 0.664. The van der Waals surface area contributed by atoms with Gasteiger partial charge in [0.1, 0.15) is 0 Å². The summed E-state index contributed by atoms with van der Waals surface area (Å²) in [6.07, 6.45) is 1.15. The van der Waals surface area contributed by atoms with Gasteiger partial charge in [-0.1, -0.05) is 11.6 Å². The SMILES string of the molecule is CN1CCN2c3ccc(Cl)cc3CC2C1. The third-order valence-electron chi connectivity index (χ3n) is 3.49. The summed E-state index contributed by atoms with van der Waals surface area (Å²) >= 11 is 6.02. The fourth-order valence-corrected chi connectivity index (χ4v) is 2.95. The van der Waals surface area contributed by atoms with Crippen LogP contribution in [-0.4, -0.2) is 37.6 Å². The zero-order chi connectivity index (χ0) is 10.4. The number of halogens is 1. The molecule has 1 aromatic carbocycles. The predicted octanol–water partition coefficient (Wildman–Crippen LogP) is 2.02. The van der Waals surface area contributed by atoms with Crippen LogP contribution in [0.3, 0.4) is 0 Å². The Kier molecular flexibility index (Phi) is 2.15. The predicted molar refractivity (Wildman–Crippen MR) is 63.8 cm³/mol. The number of piperazine rings is 1. The number of benzene rings is 1. The van der Waals surface area contributed by atoms with E-state index in [0.29, 0.717) is 6.04 Å². The summed E-state index contributed by atoms with van der Waals surface area (Å²) in [6, 6.07) is 6.96. The average molecular weight is 223 g/mol. The maximum atomic E-state index is 6.02. The van der Waals surface area contributed by atoms with Crippen molar-refractivity contribution in [2.45, 2.75) is 12.5 Å². The third-order valence-corrected chi connectivity index (χ3v) is 3.73. The van der Waals surface area contributed by atoms with Gasteiger partial charge in [0.2, 0.25) is 0 Å². The number of rotatable bonds is 0. The lowest BCUT2D eigenvalue weighted by atomic mass is 10.1. The fraction of sp³-hybridized carbons (Fsp3) is 0.500. The second-order valence-corrected chi connectivity index (χ2v) is 5.02. The van der Waals surface area contributed by atoms with Crippen LogP contribution in [0.2, 0.25) is 5.02 Å². The van der Waals surface area contributed by atoms with Crippen molar-refractivity contribution in [1.82, 2.24) is 4.90 Å². The quantitative estimate of drug-likeness (QED) is 0.663. The van der Waals surface area contributed by atoms with Crippen molar-refractivity contribution in [2.75, 3.05) is 31.6 Å². The van der Waals surface area contributed by atoms with E-state index in [-0.39, 0.29) is 0 Å². The fourth-order valence-electron chi connectivity index (χ4n) is 2.75. The van der Waals surface area contributed by atoms with Gasteiger partial charge in [0.25, 0.3) is 0 Å². The van der Waals surface area contributed by atoms with Gasteiger partial charge in [-0.05, 0) is 37.2 Å². The van der Waals surface area contributed by atoms with E-state index in [4.69, 9.17) is 11.6 Å². The molecule has 2 nitrogen and oxygen atoms in total. The average Bonchev–Trinajstić information content (AvgIpc) is 2.53. The van der Waals surface area contributed by atoms with E-state index >= 15 is 0 Å². The smallest absolute Gasteiger partial charge is 0.0458 e. The normalized spacial score (nSPS) is 25.2. The Hall–Kier alpha value is -0.730. The van der Waals surface area contributed by atoms with Crippen LogP contribution < -0.4 is 4.90 Å². The molecule has 0 radical (unpaired) electrons. The molecule has 1 atom stereocenters. The molecule has 80 valence electrons. The number of nitrogens with zero attached hydrogens (tertiary/aromatic N) is 2. The monoisotopic (exact) mass is 222 g/mol.